The van der Waals surface area contributed by atoms with Crippen LogP contribution in [-0.2, 0) is 0 Å². The highest BCUT2D eigenvalue weighted by Gasteiger charge is 2.27. The zero-order chi connectivity index (χ0) is 18.8. The van der Waals surface area contributed by atoms with E-state index in [0.29, 0.717) is 10.6 Å². The third kappa shape index (κ3) is 3.58. The van der Waals surface area contributed by atoms with Crippen molar-refractivity contribution in [3.63, 3.8) is 0 Å². The number of hydrogen-bond acceptors (Lipinski definition) is 5. The first-order valence-corrected chi connectivity index (χ1v) is 8.89. The van der Waals surface area contributed by atoms with Crippen molar-refractivity contribution in [3.8, 4) is 0 Å². The van der Waals surface area contributed by atoms with Crippen LogP contribution in [0.4, 0.5) is 5.69 Å². The predicted molar refractivity (Wildman–Crippen MR) is 108 cm³/mol. The van der Waals surface area contributed by atoms with E-state index in [0.717, 1.165) is 22.8 Å². The number of amidine groups is 1. The van der Waals surface area contributed by atoms with Gasteiger partial charge in [0.2, 0.25) is 0 Å². The van der Waals surface area contributed by atoms with E-state index in [9.17, 15) is 4.79 Å². The number of hydrazine groups is 1. The largest absolute Gasteiger partial charge is 0.355 e. The van der Waals surface area contributed by atoms with Crippen LogP contribution in [0, 0.1) is 0 Å². The van der Waals surface area contributed by atoms with Gasteiger partial charge in [0.05, 0.1) is 5.70 Å². The molecule has 0 fully saturated rings. The van der Waals surface area contributed by atoms with E-state index < -0.39 is 0 Å². The van der Waals surface area contributed by atoms with Gasteiger partial charge in [-0.2, -0.15) is 5.43 Å². The first kappa shape index (κ1) is 17.3. The summed E-state index contributed by atoms with van der Waals surface area (Å²) in [5.74, 6) is 0.711. The molecular weight excluding hydrogens is 362 g/mol. The summed E-state index contributed by atoms with van der Waals surface area (Å²) in [7, 11) is 1.61. The molecule has 2 aromatic carbocycles. The van der Waals surface area contributed by atoms with E-state index in [1.54, 1.807) is 19.2 Å². The van der Waals surface area contributed by atoms with E-state index in [1.807, 2.05) is 59.6 Å². The van der Waals surface area contributed by atoms with Crippen LogP contribution in [-0.4, -0.2) is 30.1 Å². The molecule has 0 aliphatic carbocycles. The monoisotopic (exact) mass is 379 g/mol. The molecule has 6 nitrogen and oxygen atoms in total. The minimum absolute atomic E-state index is 0.110. The maximum absolute atomic E-state index is 11.6. The lowest BCUT2D eigenvalue weighted by atomic mass is 10.1. The first-order chi connectivity index (χ1) is 13.1. The molecule has 4 rings (SSSR count). The number of allylic oxidation sites excluding steroid dienone is 2. The van der Waals surface area contributed by atoms with Crippen molar-refractivity contribution >= 4 is 34.7 Å². The molecule has 0 saturated carbocycles. The molecule has 0 radical (unpaired) electrons. The number of nitrogens with zero attached hydrogens (tertiary/aromatic N) is 2. The minimum atomic E-state index is -0.315. The third-order valence-corrected chi connectivity index (χ3v) is 4.55. The minimum Gasteiger partial charge on any atom is -0.355 e. The Morgan fingerprint density at radius 1 is 1.15 bits per heavy atom. The van der Waals surface area contributed by atoms with Crippen LogP contribution in [0.5, 0.6) is 0 Å². The van der Waals surface area contributed by atoms with Crippen LogP contribution in [0.2, 0.25) is 5.02 Å². The molecule has 0 spiro atoms. The zero-order valence-corrected chi connectivity index (χ0v) is 15.4. The van der Waals surface area contributed by atoms with Gasteiger partial charge >= 0.3 is 0 Å². The number of benzene rings is 2. The quantitative estimate of drug-likeness (QED) is 0.763. The van der Waals surface area contributed by atoms with Crippen molar-refractivity contribution in [1.82, 2.24) is 15.8 Å². The Kier molecular flexibility index (Phi) is 4.66. The van der Waals surface area contributed by atoms with Crippen molar-refractivity contribution < 1.29 is 4.79 Å². The second-order valence-electron chi connectivity index (χ2n) is 6.07. The fourth-order valence-electron chi connectivity index (χ4n) is 2.95. The average molecular weight is 380 g/mol. The van der Waals surface area contributed by atoms with Gasteiger partial charge in [-0.25, -0.2) is 4.99 Å². The Bertz CT molecular complexity index is 947. The number of anilines is 1. The maximum Gasteiger partial charge on any atom is 0.251 e. The van der Waals surface area contributed by atoms with Gasteiger partial charge in [0.25, 0.3) is 5.91 Å². The third-order valence-electron chi connectivity index (χ3n) is 4.30. The van der Waals surface area contributed by atoms with Gasteiger partial charge in [-0.3, -0.25) is 9.80 Å². The number of hydrogen-bond donors (Lipinski definition) is 3. The number of halogens is 1. The molecule has 136 valence electrons. The fourth-order valence-corrected chi connectivity index (χ4v) is 3.07. The lowest BCUT2D eigenvalue weighted by Crippen LogP contribution is -2.42. The second-order valence-corrected chi connectivity index (χ2v) is 6.51. The van der Waals surface area contributed by atoms with Gasteiger partial charge in [0.15, 0.2) is 6.29 Å². The number of carbonyl (C=O) groups is 1. The molecule has 3 N–H and O–H groups in total. The Balaban J connectivity index is 1.48. The summed E-state index contributed by atoms with van der Waals surface area (Å²) in [6.07, 6.45) is 5.63. The van der Waals surface area contributed by atoms with Gasteiger partial charge in [0.1, 0.15) is 5.84 Å². The number of amides is 1. The van der Waals surface area contributed by atoms with Gasteiger partial charge in [0, 0.05) is 23.3 Å². The molecule has 0 saturated heterocycles. The summed E-state index contributed by atoms with van der Waals surface area (Å²) in [5, 5.41) is 8.56. The average Bonchev–Trinajstić information content (AvgIpc) is 3.11. The Morgan fingerprint density at radius 2 is 1.89 bits per heavy atom. The van der Waals surface area contributed by atoms with Crippen LogP contribution in [0.3, 0.4) is 0 Å². The lowest BCUT2D eigenvalue weighted by molar-refractivity contribution is 0.0963. The van der Waals surface area contributed by atoms with Crippen LogP contribution in [0.1, 0.15) is 15.9 Å². The number of nitrogens with one attached hydrogen (secondary N) is 3. The summed E-state index contributed by atoms with van der Waals surface area (Å²) < 4.78 is 0. The molecular formula is C20H18ClN5O. The molecule has 1 amide bonds. The summed E-state index contributed by atoms with van der Waals surface area (Å²) in [6.45, 7) is 0. The topological polar surface area (TPSA) is 68.8 Å². The Hall–Kier alpha value is -3.09. The van der Waals surface area contributed by atoms with Crippen LogP contribution < -0.4 is 16.1 Å². The van der Waals surface area contributed by atoms with Crippen LogP contribution in [0.25, 0.3) is 5.70 Å². The highest BCUT2D eigenvalue weighted by atomic mass is 35.5. The number of aliphatic imine (C=N–C) groups is 1. The van der Waals surface area contributed by atoms with E-state index in [-0.39, 0.29) is 12.2 Å². The van der Waals surface area contributed by atoms with Gasteiger partial charge in [-0.15, -0.1) is 0 Å². The SMILES string of the molecule is CNC(=O)c1ccc(NC2N=C3C=CC=C(c4ccc(Cl)cc4)N3N2)cc1. The van der Waals surface area contributed by atoms with E-state index in [4.69, 9.17) is 11.6 Å². The smallest absolute Gasteiger partial charge is 0.251 e. The van der Waals surface area contributed by atoms with E-state index in [1.165, 1.54) is 0 Å². The molecule has 0 bridgehead atoms. The summed E-state index contributed by atoms with van der Waals surface area (Å²) in [6, 6.07) is 14.9. The van der Waals surface area contributed by atoms with Crippen molar-refractivity contribution in [2.24, 2.45) is 4.99 Å². The lowest BCUT2D eigenvalue weighted by Gasteiger charge is -2.25. The molecule has 2 heterocycles. The summed E-state index contributed by atoms with van der Waals surface area (Å²) in [4.78, 5) is 16.3. The predicted octanol–water partition coefficient (Wildman–Crippen LogP) is 3.22. The highest BCUT2D eigenvalue weighted by Crippen LogP contribution is 2.26. The molecule has 2 aliphatic heterocycles. The molecule has 2 aromatic rings. The van der Waals surface area contributed by atoms with E-state index in [2.05, 4.69) is 21.1 Å². The Morgan fingerprint density at radius 3 is 2.59 bits per heavy atom. The van der Waals surface area contributed by atoms with Gasteiger partial charge < -0.3 is 10.6 Å². The highest BCUT2D eigenvalue weighted by molar-refractivity contribution is 6.30. The Labute approximate surface area is 162 Å². The van der Waals surface area contributed by atoms with Gasteiger partial charge in [-0.05, 0) is 54.1 Å². The summed E-state index contributed by atoms with van der Waals surface area (Å²) in [5.41, 5.74) is 6.85. The van der Waals surface area contributed by atoms with Crippen molar-refractivity contribution in [2.75, 3.05) is 12.4 Å². The van der Waals surface area contributed by atoms with E-state index >= 15 is 0 Å². The van der Waals surface area contributed by atoms with Crippen molar-refractivity contribution in [2.45, 2.75) is 6.29 Å². The first-order valence-electron chi connectivity index (χ1n) is 8.51. The maximum atomic E-state index is 11.6. The molecule has 1 unspecified atom stereocenters. The van der Waals surface area contributed by atoms with Crippen LogP contribution >= 0.6 is 11.6 Å². The van der Waals surface area contributed by atoms with Crippen LogP contribution in [0.15, 0.2) is 71.8 Å². The zero-order valence-electron chi connectivity index (χ0n) is 14.6. The van der Waals surface area contributed by atoms with Gasteiger partial charge in [-0.1, -0.05) is 29.8 Å². The molecule has 0 aromatic heterocycles. The molecule has 7 heteroatoms. The molecule has 2 aliphatic rings. The normalized spacial score (nSPS) is 17.9. The number of carbonyl (C=O) groups excluding carboxylic acids is 1. The van der Waals surface area contributed by atoms with Crippen molar-refractivity contribution in [1.29, 1.82) is 0 Å². The molecule has 27 heavy (non-hydrogen) atoms. The van der Waals surface area contributed by atoms with Crippen molar-refractivity contribution in [3.05, 3.63) is 82.9 Å². The number of rotatable bonds is 4. The summed E-state index contributed by atoms with van der Waals surface area (Å²) >= 11 is 5.99. The standard InChI is InChI=1S/C20H18ClN5O/c1-22-19(27)14-7-11-16(12-8-14)23-20-24-18-4-2-3-17(26(18)25-20)13-5-9-15(21)10-6-13/h2-12,20,23,25H,1H3,(H,22,27). The molecule has 1 atom stereocenters. The number of fused-ring (bicyclic) bond motifs is 1. The second kappa shape index (κ2) is 7.26. The fraction of sp³-hybridized carbons (Fsp3) is 0.100.